The second kappa shape index (κ2) is 8.60. The summed E-state index contributed by atoms with van der Waals surface area (Å²) in [6, 6.07) is 8.52. The monoisotopic (exact) mass is 334 g/mol. The van der Waals surface area contributed by atoms with Gasteiger partial charge < -0.3 is 40.5 Å². The van der Waals surface area contributed by atoms with Crippen molar-refractivity contribution in [3.8, 4) is 0 Å². The van der Waals surface area contributed by atoms with Crippen LogP contribution < -0.4 is 40.4 Å². The molecule has 1 fully saturated rings. The molecular weight excluding hydrogens is 319 g/mol. The first-order valence-electron chi connectivity index (χ1n) is 6.37. The average Bonchev–Trinajstić information content (AvgIpc) is 2.52. The molecule has 0 unspecified atom stereocenters. The molecule has 1 aliphatic heterocycles. The molecule has 1 aliphatic rings. The molecule has 9 nitrogen and oxygen atoms in total. The third-order valence-electron chi connectivity index (χ3n) is 3.13. The van der Waals surface area contributed by atoms with E-state index in [1.165, 1.54) is 0 Å². The van der Waals surface area contributed by atoms with Crippen molar-refractivity contribution in [3.05, 3.63) is 35.9 Å². The summed E-state index contributed by atoms with van der Waals surface area (Å²) >= 11 is 0. The number of rotatable bonds is 4. The van der Waals surface area contributed by atoms with E-state index >= 15 is 0 Å². The Labute approximate surface area is 153 Å². The standard InChI is InChI=1S/C13H16N2O7.Na/c14-11(6-4-2-1-3-5-6)15-22-13-9(18)7(16)8(17)10(21-13)12(19)20;/h1-5,7-10,13,16-18H,(H2,14,15)(H,19,20);/q;+1/p-1/t7-,8-,9+,10-,13-;/m0./s1. The number of hydrogen-bond acceptors (Lipinski definition) is 8. The Morgan fingerprint density at radius 2 is 1.78 bits per heavy atom. The summed E-state index contributed by atoms with van der Waals surface area (Å²) in [6.07, 6.45) is -8.84. The summed E-state index contributed by atoms with van der Waals surface area (Å²) < 4.78 is 4.82. The van der Waals surface area contributed by atoms with Crippen molar-refractivity contribution in [1.29, 1.82) is 0 Å². The van der Waals surface area contributed by atoms with Gasteiger partial charge in [-0.15, -0.1) is 0 Å². The van der Waals surface area contributed by atoms with Crippen LogP contribution in [0.5, 0.6) is 0 Å². The average molecular weight is 334 g/mol. The Morgan fingerprint density at radius 3 is 2.35 bits per heavy atom. The fraction of sp³-hybridized carbons (Fsp3) is 0.385. The van der Waals surface area contributed by atoms with Crippen LogP contribution in [0, 0.1) is 0 Å². The number of carboxylic acid groups (broad SMARTS) is 1. The predicted octanol–water partition coefficient (Wildman–Crippen LogP) is -6.11. The zero-order chi connectivity index (χ0) is 16.3. The molecule has 0 spiro atoms. The van der Waals surface area contributed by atoms with Crippen LogP contribution in [0.3, 0.4) is 0 Å². The minimum absolute atomic E-state index is 0. The Balaban J connectivity index is 0.00000264. The van der Waals surface area contributed by atoms with Crippen LogP contribution in [0.4, 0.5) is 0 Å². The number of oxime groups is 1. The summed E-state index contributed by atoms with van der Waals surface area (Å²) in [6.45, 7) is 0. The van der Waals surface area contributed by atoms with Crippen LogP contribution in [0.15, 0.2) is 35.5 Å². The van der Waals surface area contributed by atoms with E-state index in [1.807, 2.05) is 0 Å². The Kier molecular flexibility index (Phi) is 7.42. The van der Waals surface area contributed by atoms with Crippen LogP contribution in [-0.4, -0.2) is 57.8 Å². The van der Waals surface area contributed by atoms with Gasteiger partial charge in [0, 0.05) is 5.56 Å². The number of nitrogens with two attached hydrogens (primary N) is 1. The number of benzene rings is 1. The number of aliphatic carboxylic acids is 1. The second-order valence-corrected chi connectivity index (χ2v) is 4.66. The topological polar surface area (TPSA) is 158 Å². The first-order chi connectivity index (χ1) is 10.4. The largest absolute Gasteiger partial charge is 1.00 e. The Morgan fingerprint density at radius 1 is 1.17 bits per heavy atom. The smallest absolute Gasteiger partial charge is 0.547 e. The van der Waals surface area contributed by atoms with Crippen molar-refractivity contribution in [2.75, 3.05) is 0 Å². The van der Waals surface area contributed by atoms with E-state index in [0.29, 0.717) is 5.56 Å². The summed E-state index contributed by atoms with van der Waals surface area (Å²) in [5, 5.41) is 43.1. The number of aliphatic hydroxyl groups is 3. The van der Waals surface area contributed by atoms with Gasteiger partial charge in [0.2, 0.25) is 0 Å². The fourth-order valence-corrected chi connectivity index (χ4v) is 1.90. The summed E-state index contributed by atoms with van der Waals surface area (Å²) in [7, 11) is 0. The van der Waals surface area contributed by atoms with Crippen molar-refractivity contribution >= 4 is 11.8 Å². The molecule has 120 valence electrons. The molecule has 1 saturated heterocycles. The van der Waals surface area contributed by atoms with Gasteiger partial charge in [-0.25, -0.2) is 0 Å². The molecule has 0 aromatic heterocycles. The maximum atomic E-state index is 10.8. The summed E-state index contributed by atoms with van der Waals surface area (Å²) in [4.78, 5) is 15.7. The zero-order valence-electron chi connectivity index (χ0n) is 12.3. The fourth-order valence-electron chi connectivity index (χ4n) is 1.90. The van der Waals surface area contributed by atoms with E-state index < -0.39 is 36.7 Å². The minimum atomic E-state index is -1.86. The van der Waals surface area contributed by atoms with E-state index in [4.69, 9.17) is 15.3 Å². The van der Waals surface area contributed by atoms with Crippen LogP contribution in [0.2, 0.25) is 0 Å². The molecule has 0 bridgehead atoms. The number of carbonyl (C=O) groups is 1. The van der Waals surface area contributed by atoms with Gasteiger partial charge in [0.05, 0.1) is 5.97 Å². The maximum Gasteiger partial charge on any atom is 1.00 e. The van der Waals surface area contributed by atoms with E-state index in [9.17, 15) is 25.2 Å². The number of aliphatic hydroxyl groups excluding tert-OH is 3. The van der Waals surface area contributed by atoms with Gasteiger partial charge in [-0.1, -0.05) is 35.5 Å². The molecule has 1 aromatic carbocycles. The van der Waals surface area contributed by atoms with E-state index in [2.05, 4.69) is 5.16 Å². The zero-order valence-corrected chi connectivity index (χ0v) is 14.3. The van der Waals surface area contributed by atoms with Crippen LogP contribution in [0.1, 0.15) is 5.56 Å². The maximum absolute atomic E-state index is 10.8. The van der Waals surface area contributed by atoms with Gasteiger partial charge >= 0.3 is 29.6 Å². The molecule has 2 rings (SSSR count). The molecule has 1 aromatic rings. The molecule has 10 heteroatoms. The number of ether oxygens (including phenoxy) is 1. The first-order valence-corrected chi connectivity index (χ1v) is 6.37. The molecular formula is C13H15N2NaO7. The summed E-state index contributed by atoms with van der Waals surface area (Å²) in [5.74, 6) is -1.80. The first kappa shape index (κ1) is 19.8. The third-order valence-corrected chi connectivity index (χ3v) is 3.13. The van der Waals surface area contributed by atoms with Gasteiger partial charge in [0.1, 0.15) is 24.4 Å². The second-order valence-electron chi connectivity index (χ2n) is 4.66. The van der Waals surface area contributed by atoms with Crippen molar-refractivity contribution in [2.45, 2.75) is 30.7 Å². The molecule has 5 N–H and O–H groups in total. The normalized spacial score (nSPS) is 31.1. The van der Waals surface area contributed by atoms with Gasteiger partial charge in [-0.2, -0.15) is 0 Å². The summed E-state index contributed by atoms with van der Waals surface area (Å²) in [5.41, 5.74) is 6.19. The Hall–Kier alpha value is -1.20. The SMILES string of the molecule is NC(=NO[C@@H]1O[C@H](C(=O)[O-])[C@@H](O)[C@H](O)[C@H]1O)c1ccccc1.[Na+]. The van der Waals surface area contributed by atoms with Crippen molar-refractivity contribution in [2.24, 2.45) is 10.9 Å². The molecule has 0 radical (unpaired) electrons. The van der Waals surface area contributed by atoms with Crippen molar-refractivity contribution in [1.82, 2.24) is 0 Å². The van der Waals surface area contributed by atoms with Gasteiger partial charge in [-0.3, -0.25) is 0 Å². The third kappa shape index (κ3) is 4.64. The van der Waals surface area contributed by atoms with Gasteiger partial charge in [-0.05, 0) is 0 Å². The van der Waals surface area contributed by atoms with Crippen LogP contribution in [0.25, 0.3) is 0 Å². The number of nitrogens with zero attached hydrogens (tertiary/aromatic N) is 1. The van der Waals surface area contributed by atoms with Gasteiger partial charge in [0.15, 0.2) is 5.84 Å². The van der Waals surface area contributed by atoms with Crippen LogP contribution >= 0.6 is 0 Å². The van der Waals surface area contributed by atoms with E-state index in [-0.39, 0.29) is 35.4 Å². The molecule has 0 aliphatic carbocycles. The molecule has 0 saturated carbocycles. The van der Waals surface area contributed by atoms with E-state index in [1.54, 1.807) is 30.3 Å². The minimum Gasteiger partial charge on any atom is -0.547 e. The predicted molar refractivity (Wildman–Crippen MR) is 69.9 cm³/mol. The van der Waals surface area contributed by atoms with E-state index in [0.717, 1.165) is 0 Å². The Bertz CT molecular complexity index is 557. The number of carboxylic acids is 1. The molecule has 0 amide bonds. The van der Waals surface area contributed by atoms with Crippen molar-refractivity contribution in [3.63, 3.8) is 0 Å². The molecule has 1 heterocycles. The number of amidine groups is 1. The van der Waals surface area contributed by atoms with Crippen molar-refractivity contribution < 1.29 is 64.4 Å². The number of hydrogen-bond donors (Lipinski definition) is 4. The number of carbonyl (C=O) groups excluding carboxylic acids is 1. The molecule has 5 atom stereocenters. The van der Waals surface area contributed by atoms with Crippen LogP contribution in [-0.2, 0) is 14.4 Å². The molecule has 23 heavy (non-hydrogen) atoms. The van der Waals surface area contributed by atoms with Gasteiger partial charge in [0.25, 0.3) is 6.29 Å². The quantitative estimate of drug-likeness (QED) is 0.183.